The van der Waals surface area contributed by atoms with E-state index in [4.69, 9.17) is 9.88 Å². The molecule has 0 aliphatic heterocycles. The molecule has 1 aromatic heterocycles. The maximum Gasteiger partial charge on any atom is 0.257 e. The highest BCUT2D eigenvalue weighted by Crippen LogP contribution is 2.08. The van der Waals surface area contributed by atoms with Crippen molar-refractivity contribution in [1.82, 2.24) is 9.55 Å². The molecule has 98 valence electrons. The van der Waals surface area contributed by atoms with E-state index in [1.54, 1.807) is 4.57 Å². The number of hydrogen-bond acceptors (Lipinski definition) is 4. The third kappa shape index (κ3) is 5.44. The molecule has 0 radical (unpaired) electrons. The summed E-state index contributed by atoms with van der Waals surface area (Å²) in [5.74, 6) is 0. The number of aromatic nitrogens is 2. The largest absolute Gasteiger partial charge is 0.361 e. The molecule has 0 aromatic carbocycles. The van der Waals surface area contributed by atoms with Crippen LogP contribution in [0.4, 0.5) is 0 Å². The van der Waals surface area contributed by atoms with Gasteiger partial charge in [-0.25, -0.2) is 18.5 Å². The number of hydrogen-bond donors (Lipinski definition) is 1. The van der Waals surface area contributed by atoms with E-state index >= 15 is 0 Å². The summed E-state index contributed by atoms with van der Waals surface area (Å²) in [5, 5.41) is 4.81. The zero-order valence-electron chi connectivity index (χ0n) is 10.4. The van der Waals surface area contributed by atoms with Crippen LogP contribution >= 0.6 is 0 Å². The summed E-state index contributed by atoms with van der Waals surface area (Å²) in [4.78, 5) is 3.69. The zero-order valence-corrected chi connectivity index (χ0v) is 12.2. The van der Waals surface area contributed by atoms with Crippen LogP contribution in [0.3, 0.4) is 0 Å². The predicted octanol–water partition coefficient (Wildman–Crippen LogP) is 0.843. The number of rotatable bonds is 6. The lowest BCUT2D eigenvalue weighted by Gasteiger charge is -2.15. The Kier molecular flexibility index (Phi) is 4.47. The molecule has 0 amide bonds. The summed E-state index contributed by atoms with van der Waals surface area (Å²) in [7, 11) is -4.80. The molecule has 0 aliphatic rings. The van der Waals surface area contributed by atoms with Crippen LogP contribution in [0.2, 0.25) is 25.7 Å². The Labute approximate surface area is 103 Å². The minimum Gasteiger partial charge on any atom is -0.361 e. The summed E-state index contributed by atoms with van der Waals surface area (Å²) in [6.07, 6.45) is 2.76. The Balaban J connectivity index is 2.41. The highest BCUT2D eigenvalue weighted by Gasteiger charge is 2.13. The summed E-state index contributed by atoms with van der Waals surface area (Å²) in [6.45, 7) is 7.79. The third-order valence-corrected chi connectivity index (χ3v) is 4.64. The lowest BCUT2D eigenvalue weighted by atomic mass is 10.8. The molecule has 0 saturated heterocycles. The SMILES string of the molecule is C[Si](C)(C)CCOCn1cnc(S(N)(=O)=O)c1. The first-order valence-electron chi connectivity index (χ1n) is 5.31. The quantitative estimate of drug-likeness (QED) is 0.616. The highest BCUT2D eigenvalue weighted by atomic mass is 32.2. The molecule has 6 nitrogen and oxygen atoms in total. The Morgan fingerprint density at radius 1 is 1.47 bits per heavy atom. The fraction of sp³-hybridized carbons (Fsp3) is 0.667. The van der Waals surface area contributed by atoms with Gasteiger partial charge >= 0.3 is 0 Å². The minimum atomic E-state index is -3.72. The van der Waals surface area contributed by atoms with E-state index in [2.05, 4.69) is 24.6 Å². The van der Waals surface area contributed by atoms with Gasteiger partial charge in [0.2, 0.25) is 0 Å². The topological polar surface area (TPSA) is 87.2 Å². The van der Waals surface area contributed by atoms with E-state index in [0.717, 1.165) is 6.04 Å². The monoisotopic (exact) mass is 277 g/mol. The second-order valence-corrected chi connectivity index (χ2v) is 12.2. The molecule has 0 atom stereocenters. The fourth-order valence-electron chi connectivity index (χ4n) is 1.11. The van der Waals surface area contributed by atoms with Gasteiger partial charge in [-0.3, -0.25) is 0 Å². The Morgan fingerprint density at radius 2 is 2.12 bits per heavy atom. The second kappa shape index (κ2) is 5.30. The van der Waals surface area contributed by atoms with Gasteiger partial charge in [0.05, 0.1) is 6.33 Å². The van der Waals surface area contributed by atoms with Gasteiger partial charge in [0.25, 0.3) is 10.0 Å². The van der Waals surface area contributed by atoms with E-state index in [9.17, 15) is 8.42 Å². The van der Waals surface area contributed by atoms with Crippen LogP contribution in [0.15, 0.2) is 17.6 Å². The van der Waals surface area contributed by atoms with Crippen LogP contribution in [0.1, 0.15) is 0 Å². The molecule has 1 aromatic rings. The van der Waals surface area contributed by atoms with Gasteiger partial charge in [-0.15, -0.1) is 0 Å². The molecule has 0 unspecified atom stereocenters. The molecule has 0 spiro atoms. The van der Waals surface area contributed by atoms with Crippen molar-refractivity contribution >= 4 is 18.1 Å². The van der Waals surface area contributed by atoms with Crippen LogP contribution in [-0.4, -0.2) is 32.6 Å². The van der Waals surface area contributed by atoms with Crippen molar-refractivity contribution in [3.05, 3.63) is 12.5 Å². The molecule has 17 heavy (non-hydrogen) atoms. The molecule has 0 bridgehead atoms. The average molecular weight is 277 g/mol. The van der Waals surface area contributed by atoms with Gasteiger partial charge in [0.15, 0.2) is 5.03 Å². The van der Waals surface area contributed by atoms with Crippen molar-refractivity contribution in [2.75, 3.05) is 6.61 Å². The van der Waals surface area contributed by atoms with Crippen molar-refractivity contribution in [2.24, 2.45) is 5.14 Å². The first kappa shape index (κ1) is 14.4. The van der Waals surface area contributed by atoms with Gasteiger partial charge in [-0.1, -0.05) is 19.6 Å². The van der Waals surface area contributed by atoms with Gasteiger partial charge in [0, 0.05) is 20.9 Å². The molecular weight excluding hydrogens is 258 g/mol. The molecule has 0 saturated carbocycles. The fourth-order valence-corrected chi connectivity index (χ4v) is 2.34. The lowest BCUT2D eigenvalue weighted by molar-refractivity contribution is 0.0870. The van der Waals surface area contributed by atoms with E-state index in [1.165, 1.54) is 12.5 Å². The molecule has 0 aliphatic carbocycles. The number of nitrogens with two attached hydrogens (primary N) is 1. The Bertz CT molecular complexity index is 464. The summed E-state index contributed by atoms with van der Waals surface area (Å²) in [5.41, 5.74) is 0. The van der Waals surface area contributed by atoms with Crippen molar-refractivity contribution in [2.45, 2.75) is 37.4 Å². The standard InChI is InChI=1S/C9H19N3O3SSi/c1-17(2,3)5-4-15-8-12-6-9(11-7-12)16(10,13)14/h6-7H,4-5,8H2,1-3H3,(H2,10,13,14). The van der Waals surface area contributed by atoms with Crippen molar-refractivity contribution in [3.63, 3.8) is 0 Å². The van der Waals surface area contributed by atoms with Crippen LogP contribution in [0, 0.1) is 0 Å². The average Bonchev–Trinajstić information content (AvgIpc) is 2.58. The smallest absolute Gasteiger partial charge is 0.257 e. The van der Waals surface area contributed by atoms with Crippen molar-refractivity contribution < 1.29 is 13.2 Å². The molecular formula is C9H19N3O3SSi. The van der Waals surface area contributed by atoms with Crippen LogP contribution in [-0.2, 0) is 21.5 Å². The maximum atomic E-state index is 11.0. The van der Waals surface area contributed by atoms with Gasteiger partial charge in [0.1, 0.15) is 6.73 Å². The third-order valence-electron chi connectivity index (χ3n) is 2.14. The van der Waals surface area contributed by atoms with E-state index in [-0.39, 0.29) is 5.03 Å². The molecule has 1 rings (SSSR count). The number of ether oxygens (including phenoxy) is 1. The Morgan fingerprint density at radius 3 is 2.59 bits per heavy atom. The zero-order chi connectivity index (χ0) is 13.1. The summed E-state index contributed by atoms with van der Waals surface area (Å²) < 4.78 is 29.0. The van der Waals surface area contributed by atoms with E-state index in [1.807, 2.05) is 0 Å². The van der Waals surface area contributed by atoms with E-state index in [0.29, 0.717) is 13.3 Å². The first-order chi connectivity index (χ1) is 7.68. The van der Waals surface area contributed by atoms with Gasteiger partial charge < -0.3 is 9.30 Å². The molecule has 1 heterocycles. The molecule has 0 fully saturated rings. The molecule has 8 heteroatoms. The molecule has 2 N–H and O–H groups in total. The highest BCUT2D eigenvalue weighted by molar-refractivity contribution is 7.89. The Hall–Kier alpha value is -0.703. The summed E-state index contributed by atoms with van der Waals surface area (Å²) >= 11 is 0. The number of primary sulfonamides is 1. The van der Waals surface area contributed by atoms with Crippen molar-refractivity contribution in [3.8, 4) is 0 Å². The predicted molar refractivity (Wildman–Crippen MR) is 67.7 cm³/mol. The normalized spacial score (nSPS) is 12.9. The number of nitrogens with zero attached hydrogens (tertiary/aromatic N) is 2. The number of imidazole rings is 1. The van der Waals surface area contributed by atoms with Crippen molar-refractivity contribution in [1.29, 1.82) is 0 Å². The summed E-state index contributed by atoms with van der Waals surface area (Å²) in [6, 6.07) is 1.07. The second-order valence-electron chi connectivity index (χ2n) is 5.12. The minimum absolute atomic E-state index is 0.133. The maximum absolute atomic E-state index is 11.0. The van der Waals surface area contributed by atoms with Crippen LogP contribution < -0.4 is 5.14 Å². The van der Waals surface area contributed by atoms with Crippen LogP contribution in [0.5, 0.6) is 0 Å². The number of sulfonamides is 1. The van der Waals surface area contributed by atoms with Gasteiger partial charge in [-0.2, -0.15) is 0 Å². The van der Waals surface area contributed by atoms with E-state index < -0.39 is 18.1 Å². The van der Waals surface area contributed by atoms with Gasteiger partial charge in [-0.05, 0) is 6.04 Å². The first-order valence-corrected chi connectivity index (χ1v) is 10.6. The lowest BCUT2D eigenvalue weighted by Crippen LogP contribution is -2.21. The van der Waals surface area contributed by atoms with Crippen LogP contribution in [0.25, 0.3) is 0 Å².